The molecule has 0 saturated heterocycles. The van der Waals surface area contributed by atoms with Gasteiger partial charge in [0.05, 0.1) is 11.2 Å². The van der Waals surface area contributed by atoms with Crippen molar-refractivity contribution in [2.45, 2.75) is 6.42 Å². The highest BCUT2D eigenvalue weighted by Gasteiger charge is 2.06. The number of fused-ring (bicyclic) bond motifs is 1. The first-order valence-electron chi connectivity index (χ1n) is 8.94. The van der Waals surface area contributed by atoms with Crippen molar-refractivity contribution >= 4 is 28.7 Å². The van der Waals surface area contributed by atoms with Crippen LogP contribution in [0.25, 0.3) is 23.1 Å². The van der Waals surface area contributed by atoms with Gasteiger partial charge in [-0.1, -0.05) is 18.2 Å². The van der Waals surface area contributed by atoms with Gasteiger partial charge in [-0.25, -0.2) is 13.8 Å². The summed E-state index contributed by atoms with van der Waals surface area (Å²) in [6, 6.07) is 12.8. The van der Waals surface area contributed by atoms with Gasteiger partial charge >= 0.3 is 0 Å². The zero-order chi connectivity index (χ0) is 19.2. The van der Waals surface area contributed by atoms with Crippen molar-refractivity contribution in [1.82, 2.24) is 9.88 Å². The largest absolute Gasteiger partial charge is 0.384 e. The Hall–Kier alpha value is -2.79. The molecule has 1 N–H and O–H groups in total. The molecule has 3 aromatic rings. The Bertz CT molecular complexity index is 934. The van der Waals surface area contributed by atoms with Gasteiger partial charge in [-0.2, -0.15) is 0 Å². The van der Waals surface area contributed by atoms with E-state index in [1.54, 1.807) is 18.2 Å². The van der Waals surface area contributed by atoms with E-state index >= 15 is 0 Å². The fourth-order valence-electron chi connectivity index (χ4n) is 2.82. The summed E-state index contributed by atoms with van der Waals surface area (Å²) in [6.07, 6.45) is 4.74. The summed E-state index contributed by atoms with van der Waals surface area (Å²) in [6.45, 7) is 1.76. The molecule has 5 heteroatoms. The molecule has 2 aromatic carbocycles. The van der Waals surface area contributed by atoms with Crippen LogP contribution in [-0.4, -0.2) is 37.1 Å². The van der Waals surface area contributed by atoms with Gasteiger partial charge in [0, 0.05) is 17.6 Å². The second-order valence-corrected chi connectivity index (χ2v) is 6.72. The second kappa shape index (κ2) is 8.73. The maximum atomic E-state index is 13.7. The monoisotopic (exact) mass is 367 g/mol. The lowest BCUT2D eigenvalue weighted by Gasteiger charge is -2.13. The Morgan fingerprint density at radius 1 is 0.963 bits per heavy atom. The van der Waals surface area contributed by atoms with Gasteiger partial charge in [-0.05, 0) is 75.1 Å². The summed E-state index contributed by atoms with van der Waals surface area (Å²) >= 11 is 0. The number of halogens is 2. The summed E-state index contributed by atoms with van der Waals surface area (Å²) in [5.74, 6) is -0.544. The lowest BCUT2D eigenvalue weighted by atomic mass is 10.1. The molecule has 0 bridgehead atoms. The third-order valence-corrected chi connectivity index (χ3v) is 4.20. The van der Waals surface area contributed by atoms with Crippen LogP contribution in [0.3, 0.4) is 0 Å². The molecule has 0 aliphatic heterocycles. The summed E-state index contributed by atoms with van der Waals surface area (Å²) in [7, 11) is 4.07. The van der Waals surface area contributed by atoms with Crippen LogP contribution in [0.1, 0.15) is 17.7 Å². The molecule has 0 unspecified atom stereocenters. The number of aromatic nitrogens is 1. The fourth-order valence-corrected chi connectivity index (χ4v) is 2.82. The van der Waals surface area contributed by atoms with Crippen LogP contribution in [0.2, 0.25) is 0 Å². The number of rotatable bonds is 7. The minimum Gasteiger partial charge on any atom is -0.384 e. The van der Waals surface area contributed by atoms with Crippen LogP contribution in [0.5, 0.6) is 0 Å². The Balaban J connectivity index is 1.86. The van der Waals surface area contributed by atoms with Crippen molar-refractivity contribution in [3.63, 3.8) is 0 Å². The van der Waals surface area contributed by atoms with Crippen molar-refractivity contribution in [3.8, 4) is 0 Å². The van der Waals surface area contributed by atoms with Crippen molar-refractivity contribution in [2.75, 3.05) is 32.5 Å². The Morgan fingerprint density at radius 2 is 1.70 bits per heavy atom. The number of anilines is 1. The maximum absolute atomic E-state index is 13.7. The summed E-state index contributed by atoms with van der Waals surface area (Å²) in [4.78, 5) is 6.72. The molecular weight excluding hydrogens is 344 g/mol. The SMILES string of the molecule is CN(C)CCCNc1cc(/C=C/c2ccc(F)cc2)nc2ccc(F)cc12. The standard InChI is InChI=1S/C22H23F2N3/c1-27(2)13-3-12-25-22-15-19(10-6-16-4-7-17(23)8-5-16)26-21-11-9-18(24)14-20(21)22/h4-11,14-15H,3,12-13H2,1-2H3,(H,25,26)/b10-6+. The van der Waals surface area contributed by atoms with E-state index in [1.807, 2.05) is 32.3 Å². The molecule has 1 heterocycles. The zero-order valence-corrected chi connectivity index (χ0v) is 15.5. The van der Waals surface area contributed by atoms with Gasteiger partial charge in [-0.15, -0.1) is 0 Å². The van der Waals surface area contributed by atoms with Crippen LogP contribution in [0.4, 0.5) is 14.5 Å². The molecule has 0 radical (unpaired) electrons. The second-order valence-electron chi connectivity index (χ2n) is 6.72. The van der Waals surface area contributed by atoms with E-state index in [0.717, 1.165) is 47.4 Å². The number of nitrogens with zero attached hydrogens (tertiary/aromatic N) is 2. The molecule has 0 spiro atoms. The van der Waals surface area contributed by atoms with Gasteiger partial charge in [0.15, 0.2) is 0 Å². The predicted octanol–water partition coefficient (Wildman–Crippen LogP) is 5.05. The predicted molar refractivity (Wildman–Crippen MR) is 109 cm³/mol. The summed E-state index contributed by atoms with van der Waals surface area (Å²) in [5, 5.41) is 4.16. The topological polar surface area (TPSA) is 28.2 Å². The number of hydrogen-bond acceptors (Lipinski definition) is 3. The normalized spacial score (nSPS) is 11.6. The Labute approximate surface area is 158 Å². The molecule has 0 aliphatic rings. The van der Waals surface area contributed by atoms with Crippen molar-refractivity contribution in [3.05, 3.63) is 71.4 Å². The van der Waals surface area contributed by atoms with E-state index in [1.165, 1.54) is 24.3 Å². The third kappa shape index (κ3) is 5.34. The molecule has 3 rings (SSSR count). The number of nitrogens with one attached hydrogen (secondary N) is 1. The first-order valence-corrected chi connectivity index (χ1v) is 8.94. The third-order valence-electron chi connectivity index (χ3n) is 4.20. The number of hydrogen-bond donors (Lipinski definition) is 1. The van der Waals surface area contributed by atoms with Crippen molar-refractivity contribution in [2.24, 2.45) is 0 Å². The minimum absolute atomic E-state index is 0.262. The van der Waals surface area contributed by atoms with E-state index in [2.05, 4.69) is 15.2 Å². The van der Waals surface area contributed by atoms with Crippen LogP contribution in [-0.2, 0) is 0 Å². The van der Waals surface area contributed by atoms with E-state index < -0.39 is 0 Å². The van der Waals surface area contributed by atoms with E-state index in [9.17, 15) is 8.78 Å². The van der Waals surface area contributed by atoms with E-state index in [4.69, 9.17) is 0 Å². The van der Waals surface area contributed by atoms with Crippen LogP contribution < -0.4 is 5.32 Å². The lowest BCUT2D eigenvalue weighted by molar-refractivity contribution is 0.405. The molecule has 0 saturated carbocycles. The number of benzene rings is 2. The quantitative estimate of drug-likeness (QED) is 0.593. The molecule has 3 nitrogen and oxygen atoms in total. The molecular formula is C22H23F2N3. The van der Waals surface area contributed by atoms with Gasteiger partial charge in [0.2, 0.25) is 0 Å². The van der Waals surface area contributed by atoms with Crippen LogP contribution in [0.15, 0.2) is 48.5 Å². The highest BCUT2D eigenvalue weighted by Crippen LogP contribution is 2.25. The summed E-state index contributed by atoms with van der Waals surface area (Å²) in [5.41, 5.74) is 3.23. The number of pyridine rings is 1. The average Bonchev–Trinajstić information content (AvgIpc) is 2.65. The highest BCUT2D eigenvalue weighted by atomic mass is 19.1. The fraction of sp³-hybridized carbons (Fsp3) is 0.227. The Morgan fingerprint density at radius 3 is 2.44 bits per heavy atom. The first-order chi connectivity index (χ1) is 13.0. The van der Waals surface area contributed by atoms with Gasteiger partial charge in [0.25, 0.3) is 0 Å². The molecule has 0 amide bonds. The molecule has 140 valence electrons. The van der Waals surface area contributed by atoms with Gasteiger partial charge in [0.1, 0.15) is 11.6 Å². The summed E-state index contributed by atoms with van der Waals surface area (Å²) < 4.78 is 26.7. The lowest BCUT2D eigenvalue weighted by Crippen LogP contribution is -2.16. The van der Waals surface area contributed by atoms with Crippen molar-refractivity contribution in [1.29, 1.82) is 0 Å². The minimum atomic E-state index is -0.282. The first kappa shape index (κ1) is 19.0. The zero-order valence-electron chi connectivity index (χ0n) is 15.5. The highest BCUT2D eigenvalue weighted by molar-refractivity contribution is 5.93. The molecule has 0 fully saturated rings. The molecule has 27 heavy (non-hydrogen) atoms. The Kier molecular flexibility index (Phi) is 6.14. The van der Waals surface area contributed by atoms with Gasteiger partial charge in [-0.3, -0.25) is 0 Å². The van der Waals surface area contributed by atoms with E-state index in [-0.39, 0.29) is 11.6 Å². The van der Waals surface area contributed by atoms with Crippen LogP contribution >= 0.6 is 0 Å². The average molecular weight is 367 g/mol. The van der Waals surface area contributed by atoms with Gasteiger partial charge < -0.3 is 10.2 Å². The molecule has 0 aliphatic carbocycles. The van der Waals surface area contributed by atoms with Crippen molar-refractivity contribution < 1.29 is 8.78 Å². The molecule has 0 atom stereocenters. The molecule has 1 aromatic heterocycles. The van der Waals surface area contributed by atoms with E-state index in [0.29, 0.717) is 0 Å². The van der Waals surface area contributed by atoms with Crippen LogP contribution in [0, 0.1) is 11.6 Å². The maximum Gasteiger partial charge on any atom is 0.124 e. The smallest absolute Gasteiger partial charge is 0.124 e.